The Morgan fingerprint density at radius 3 is 2.26 bits per heavy atom. The molecule has 0 aromatic heterocycles. The molecule has 1 heterocycles. The van der Waals surface area contributed by atoms with E-state index in [-0.39, 0.29) is 5.75 Å². The third-order valence-corrected chi connectivity index (χ3v) is 3.30. The highest BCUT2D eigenvalue weighted by Gasteiger charge is 2.41. The average molecular weight is 322 g/mol. The van der Waals surface area contributed by atoms with Crippen LogP contribution in [0.15, 0.2) is 48.5 Å². The largest absolute Gasteiger partial charge is 0.497 e. The smallest absolute Gasteiger partial charge is 0.429 e. The standard InChI is InChI=1S/C17H13F3O3/c1-21-12-3-5-13(6-4-12)22-14-7-8-15-11(10-14)2-9-16(23-15)17(18,19)20/h2-10,16H,1H3/t16-/m0/s1. The molecule has 0 bridgehead atoms. The molecule has 1 aliphatic rings. The van der Waals surface area contributed by atoms with Gasteiger partial charge < -0.3 is 14.2 Å². The van der Waals surface area contributed by atoms with Crippen LogP contribution < -0.4 is 14.2 Å². The maximum atomic E-state index is 12.7. The van der Waals surface area contributed by atoms with Crippen LogP contribution in [0.2, 0.25) is 0 Å². The van der Waals surface area contributed by atoms with Gasteiger partial charge in [0.05, 0.1) is 7.11 Å². The Kier molecular flexibility index (Phi) is 3.90. The molecule has 0 N–H and O–H groups in total. The van der Waals surface area contributed by atoms with Crippen molar-refractivity contribution in [2.75, 3.05) is 7.11 Å². The predicted octanol–water partition coefficient (Wildman–Crippen LogP) is 4.82. The van der Waals surface area contributed by atoms with Crippen LogP contribution in [0, 0.1) is 0 Å². The minimum Gasteiger partial charge on any atom is -0.497 e. The minimum absolute atomic E-state index is 0.178. The van der Waals surface area contributed by atoms with E-state index in [2.05, 4.69) is 0 Å². The SMILES string of the molecule is COc1ccc(Oc2ccc3c(c2)C=C[C@@H](C(F)(F)F)O3)cc1. The fourth-order valence-electron chi connectivity index (χ4n) is 2.15. The summed E-state index contributed by atoms with van der Waals surface area (Å²) in [6.45, 7) is 0. The van der Waals surface area contributed by atoms with E-state index in [1.165, 1.54) is 12.1 Å². The van der Waals surface area contributed by atoms with Crippen LogP contribution in [0.25, 0.3) is 6.08 Å². The van der Waals surface area contributed by atoms with Crippen molar-refractivity contribution in [2.45, 2.75) is 12.3 Å². The molecule has 3 rings (SSSR count). The first-order valence-corrected chi connectivity index (χ1v) is 6.83. The van der Waals surface area contributed by atoms with Crippen molar-refractivity contribution < 1.29 is 27.4 Å². The highest BCUT2D eigenvalue weighted by Crippen LogP contribution is 2.36. The van der Waals surface area contributed by atoms with Gasteiger partial charge in [-0.25, -0.2) is 0 Å². The zero-order valence-electron chi connectivity index (χ0n) is 12.1. The van der Waals surface area contributed by atoms with Crippen molar-refractivity contribution in [1.82, 2.24) is 0 Å². The summed E-state index contributed by atoms with van der Waals surface area (Å²) in [5.41, 5.74) is 0.538. The molecule has 6 heteroatoms. The first kappa shape index (κ1) is 15.3. The van der Waals surface area contributed by atoms with Crippen LogP contribution in [0.3, 0.4) is 0 Å². The molecule has 2 aromatic rings. The van der Waals surface area contributed by atoms with Crippen LogP contribution in [-0.4, -0.2) is 19.4 Å². The molecule has 0 saturated heterocycles. The van der Waals surface area contributed by atoms with Gasteiger partial charge in [0.25, 0.3) is 0 Å². The molecule has 0 unspecified atom stereocenters. The van der Waals surface area contributed by atoms with E-state index in [0.29, 0.717) is 22.8 Å². The molecule has 1 atom stereocenters. The molecular weight excluding hydrogens is 309 g/mol. The number of methoxy groups -OCH3 is 1. The van der Waals surface area contributed by atoms with Crippen LogP contribution in [0.1, 0.15) is 5.56 Å². The number of hydrogen-bond donors (Lipinski definition) is 0. The Balaban J connectivity index is 1.77. The van der Waals surface area contributed by atoms with Gasteiger partial charge >= 0.3 is 6.18 Å². The summed E-state index contributed by atoms with van der Waals surface area (Å²) in [4.78, 5) is 0. The Bertz CT molecular complexity index is 721. The van der Waals surface area contributed by atoms with E-state index < -0.39 is 12.3 Å². The molecule has 0 saturated carbocycles. The summed E-state index contributed by atoms with van der Waals surface area (Å²) in [7, 11) is 1.57. The molecule has 2 aromatic carbocycles. The summed E-state index contributed by atoms with van der Waals surface area (Å²) in [5.74, 6) is 1.99. The maximum absolute atomic E-state index is 12.7. The first-order chi connectivity index (χ1) is 11.0. The molecule has 0 amide bonds. The van der Waals surface area contributed by atoms with E-state index in [1.807, 2.05) is 0 Å². The molecule has 3 nitrogen and oxygen atoms in total. The minimum atomic E-state index is -4.42. The number of halogens is 3. The van der Waals surface area contributed by atoms with E-state index in [0.717, 1.165) is 6.08 Å². The molecule has 0 aliphatic carbocycles. The second-order valence-corrected chi connectivity index (χ2v) is 4.92. The summed E-state index contributed by atoms with van der Waals surface area (Å²) in [5, 5.41) is 0. The van der Waals surface area contributed by atoms with Crippen molar-refractivity contribution in [3.8, 4) is 23.0 Å². The summed E-state index contributed by atoms with van der Waals surface area (Å²) < 4.78 is 53.6. The van der Waals surface area contributed by atoms with Crippen molar-refractivity contribution in [3.63, 3.8) is 0 Å². The third kappa shape index (κ3) is 3.41. The zero-order valence-corrected chi connectivity index (χ0v) is 12.1. The lowest BCUT2D eigenvalue weighted by atomic mass is 10.1. The predicted molar refractivity (Wildman–Crippen MR) is 79.0 cm³/mol. The Morgan fingerprint density at radius 2 is 1.61 bits per heavy atom. The van der Waals surface area contributed by atoms with Gasteiger partial charge in [-0.2, -0.15) is 13.2 Å². The molecule has 0 spiro atoms. The van der Waals surface area contributed by atoms with Crippen LogP contribution in [0.5, 0.6) is 23.0 Å². The first-order valence-electron chi connectivity index (χ1n) is 6.83. The Morgan fingerprint density at radius 1 is 0.957 bits per heavy atom. The summed E-state index contributed by atoms with van der Waals surface area (Å²) in [6.07, 6.45) is -3.97. The Hall–Kier alpha value is -2.63. The lowest BCUT2D eigenvalue weighted by Gasteiger charge is -2.23. The number of hydrogen-bond acceptors (Lipinski definition) is 3. The molecule has 23 heavy (non-hydrogen) atoms. The summed E-state index contributed by atoms with van der Waals surface area (Å²) >= 11 is 0. The maximum Gasteiger partial charge on any atom is 0.429 e. The highest BCUT2D eigenvalue weighted by molar-refractivity contribution is 5.62. The molecular formula is C17H13F3O3. The van der Waals surface area contributed by atoms with Crippen molar-refractivity contribution >= 4 is 6.08 Å². The van der Waals surface area contributed by atoms with Gasteiger partial charge in [0.1, 0.15) is 23.0 Å². The van der Waals surface area contributed by atoms with Crippen molar-refractivity contribution in [3.05, 3.63) is 54.1 Å². The second-order valence-electron chi connectivity index (χ2n) is 4.92. The molecule has 0 fully saturated rings. The van der Waals surface area contributed by atoms with Crippen molar-refractivity contribution in [1.29, 1.82) is 0 Å². The fraction of sp³-hybridized carbons (Fsp3) is 0.176. The van der Waals surface area contributed by atoms with Crippen LogP contribution in [0.4, 0.5) is 13.2 Å². The van der Waals surface area contributed by atoms with Gasteiger partial charge in [0.15, 0.2) is 0 Å². The average Bonchev–Trinajstić information content (AvgIpc) is 2.54. The van der Waals surface area contributed by atoms with Gasteiger partial charge in [-0.3, -0.25) is 0 Å². The lowest BCUT2D eigenvalue weighted by molar-refractivity contribution is -0.180. The van der Waals surface area contributed by atoms with Crippen molar-refractivity contribution in [2.24, 2.45) is 0 Å². The highest BCUT2D eigenvalue weighted by atomic mass is 19.4. The monoisotopic (exact) mass is 322 g/mol. The topological polar surface area (TPSA) is 27.7 Å². The van der Waals surface area contributed by atoms with Gasteiger partial charge in [0, 0.05) is 5.56 Å². The Labute approximate surface area is 130 Å². The fourth-order valence-corrected chi connectivity index (χ4v) is 2.15. The number of fused-ring (bicyclic) bond motifs is 1. The van der Waals surface area contributed by atoms with Crippen LogP contribution in [-0.2, 0) is 0 Å². The summed E-state index contributed by atoms with van der Waals surface area (Å²) in [6, 6.07) is 11.7. The molecule has 120 valence electrons. The van der Waals surface area contributed by atoms with Gasteiger partial charge in [-0.1, -0.05) is 6.08 Å². The van der Waals surface area contributed by atoms with E-state index >= 15 is 0 Å². The number of alkyl halides is 3. The lowest BCUT2D eigenvalue weighted by Crippen LogP contribution is -2.33. The number of rotatable bonds is 3. The number of ether oxygens (including phenoxy) is 3. The zero-order chi connectivity index (χ0) is 16.4. The normalized spacial score (nSPS) is 16.4. The quantitative estimate of drug-likeness (QED) is 0.810. The molecule has 0 radical (unpaired) electrons. The van der Waals surface area contributed by atoms with E-state index in [4.69, 9.17) is 14.2 Å². The number of benzene rings is 2. The molecule has 1 aliphatic heterocycles. The van der Waals surface area contributed by atoms with Gasteiger partial charge in [-0.15, -0.1) is 0 Å². The van der Waals surface area contributed by atoms with E-state index in [9.17, 15) is 13.2 Å². The van der Waals surface area contributed by atoms with E-state index in [1.54, 1.807) is 43.5 Å². The van der Waals surface area contributed by atoms with Crippen LogP contribution >= 0.6 is 0 Å². The third-order valence-electron chi connectivity index (χ3n) is 3.30. The van der Waals surface area contributed by atoms with Gasteiger partial charge in [-0.05, 0) is 48.5 Å². The van der Waals surface area contributed by atoms with Gasteiger partial charge in [0.2, 0.25) is 6.10 Å². The second kappa shape index (κ2) is 5.87.